The van der Waals surface area contributed by atoms with Crippen molar-refractivity contribution in [1.82, 2.24) is 4.31 Å². The summed E-state index contributed by atoms with van der Waals surface area (Å²) in [5, 5.41) is 12.8. The van der Waals surface area contributed by atoms with Crippen molar-refractivity contribution in [3.63, 3.8) is 0 Å². The van der Waals surface area contributed by atoms with Crippen LogP contribution in [0.1, 0.15) is 22.1 Å². The van der Waals surface area contributed by atoms with Crippen LogP contribution >= 0.6 is 11.8 Å². The van der Waals surface area contributed by atoms with Crippen LogP contribution in [0.3, 0.4) is 0 Å². The Balaban J connectivity index is 1.60. The summed E-state index contributed by atoms with van der Waals surface area (Å²) in [6.07, 6.45) is 1.57. The maximum absolute atomic E-state index is 13.7. The maximum atomic E-state index is 13.7. The van der Waals surface area contributed by atoms with Gasteiger partial charge < -0.3 is 0 Å². The Hall–Kier alpha value is -2.42. The molecule has 0 saturated carbocycles. The number of hydrogen-bond donors (Lipinski definition) is 0. The zero-order chi connectivity index (χ0) is 20.2. The summed E-state index contributed by atoms with van der Waals surface area (Å²) in [7, 11) is -3.73. The number of hydrogen-bond acceptors (Lipinski definition) is 5. The zero-order valence-electron chi connectivity index (χ0n) is 15.4. The molecule has 0 radical (unpaired) electrons. The molecular weight excluding hydrogens is 408 g/mol. The van der Waals surface area contributed by atoms with Crippen LogP contribution < -0.4 is 0 Å². The van der Waals surface area contributed by atoms with Crippen LogP contribution in [0, 0.1) is 10.1 Å². The van der Waals surface area contributed by atoms with Crippen LogP contribution in [-0.4, -0.2) is 29.9 Å². The van der Waals surface area contributed by atoms with Crippen LogP contribution in [0.4, 0.5) is 5.69 Å². The van der Waals surface area contributed by atoms with E-state index in [4.69, 9.17) is 0 Å². The van der Waals surface area contributed by atoms with Gasteiger partial charge in [-0.25, -0.2) is 8.42 Å². The highest BCUT2D eigenvalue weighted by Crippen LogP contribution is 2.44. The van der Waals surface area contributed by atoms with E-state index in [-0.39, 0.29) is 5.69 Å². The lowest BCUT2D eigenvalue weighted by molar-refractivity contribution is -0.384. The van der Waals surface area contributed by atoms with Gasteiger partial charge in [-0.15, -0.1) is 11.8 Å². The number of sulfonamides is 1. The molecule has 5 rings (SSSR count). The number of aryl methyl sites for hydroxylation is 2. The fourth-order valence-corrected chi connectivity index (χ4v) is 7.84. The average Bonchev–Trinajstić information content (AvgIpc) is 3.38. The minimum Gasteiger partial charge on any atom is -0.258 e. The van der Waals surface area contributed by atoms with Crippen molar-refractivity contribution >= 4 is 38.2 Å². The van der Waals surface area contributed by atoms with Gasteiger partial charge in [-0.2, -0.15) is 4.31 Å². The summed E-state index contributed by atoms with van der Waals surface area (Å²) in [4.78, 5) is 11.1. The van der Waals surface area contributed by atoms with Gasteiger partial charge in [-0.05, 0) is 46.4 Å². The molecule has 2 aliphatic rings. The predicted molar refractivity (Wildman–Crippen MR) is 114 cm³/mol. The number of benzene rings is 3. The second-order valence-corrected chi connectivity index (χ2v) is 10.3. The SMILES string of the molecule is O=[N+]([O-])c1cccc([C@H]2SCCN2S(=O)(=O)c2ccc3cccc4c3c2CC4)c1. The smallest absolute Gasteiger partial charge is 0.258 e. The van der Waals surface area contributed by atoms with Crippen LogP contribution in [0.5, 0.6) is 0 Å². The topological polar surface area (TPSA) is 80.5 Å². The molecule has 29 heavy (non-hydrogen) atoms. The van der Waals surface area contributed by atoms with Gasteiger partial charge >= 0.3 is 0 Å². The van der Waals surface area contributed by atoms with E-state index in [1.807, 2.05) is 18.2 Å². The van der Waals surface area contributed by atoms with Crippen molar-refractivity contribution in [2.24, 2.45) is 0 Å². The molecule has 3 aromatic carbocycles. The van der Waals surface area contributed by atoms with E-state index < -0.39 is 20.3 Å². The first-order chi connectivity index (χ1) is 14.0. The van der Waals surface area contributed by atoms with E-state index in [0.717, 1.165) is 22.8 Å². The fraction of sp³-hybridized carbons (Fsp3) is 0.238. The minimum absolute atomic E-state index is 0.0266. The molecule has 0 aromatic heterocycles. The lowest BCUT2D eigenvalue weighted by Crippen LogP contribution is -2.31. The van der Waals surface area contributed by atoms with E-state index in [1.165, 1.54) is 33.8 Å². The summed E-state index contributed by atoms with van der Waals surface area (Å²) < 4.78 is 28.8. The number of rotatable bonds is 4. The highest BCUT2D eigenvalue weighted by atomic mass is 32.2. The normalized spacial score (nSPS) is 19.1. The van der Waals surface area contributed by atoms with E-state index in [1.54, 1.807) is 18.2 Å². The monoisotopic (exact) mass is 426 g/mol. The van der Waals surface area contributed by atoms with E-state index in [0.29, 0.717) is 29.2 Å². The molecule has 1 aliphatic carbocycles. The molecule has 1 saturated heterocycles. The third-order valence-electron chi connectivity index (χ3n) is 5.64. The molecule has 1 aliphatic heterocycles. The van der Waals surface area contributed by atoms with E-state index in [2.05, 4.69) is 6.07 Å². The standard InChI is InChI=1S/C21H18N2O4S2/c24-23(25)17-6-2-5-16(13-17)21-22(11-12-28-21)29(26,27)19-10-8-15-4-1-3-14-7-9-18(19)20(14)15/h1-6,8,10,13,21H,7,9,11-12H2/t21-/m1/s1. The average molecular weight is 427 g/mol. The Labute approximate surface area is 172 Å². The molecule has 8 heteroatoms. The van der Waals surface area contributed by atoms with Gasteiger partial charge in [0.05, 0.1) is 15.2 Å². The van der Waals surface area contributed by atoms with Crippen LogP contribution in [-0.2, 0) is 22.9 Å². The molecule has 1 fully saturated rings. The molecule has 0 N–H and O–H groups in total. The van der Waals surface area contributed by atoms with Crippen LogP contribution in [0.2, 0.25) is 0 Å². The quantitative estimate of drug-likeness (QED) is 0.459. The van der Waals surface area contributed by atoms with Gasteiger partial charge in [-0.3, -0.25) is 10.1 Å². The Morgan fingerprint density at radius 2 is 1.90 bits per heavy atom. The summed E-state index contributed by atoms with van der Waals surface area (Å²) in [6.45, 7) is 0.388. The van der Waals surface area contributed by atoms with Crippen molar-refractivity contribution in [3.8, 4) is 0 Å². The molecule has 1 heterocycles. The Morgan fingerprint density at radius 3 is 2.72 bits per heavy atom. The van der Waals surface area contributed by atoms with Gasteiger partial charge in [-0.1, -0.05) is 36.4 Å². The van der Waals surface area contributed by atoms with Crippen LogP contribution in [0.15, 0.2) is 59.5 Å². The fourth-order valence-electron chi connectivity index (χ4n) is 4.36. The lowest BCUT2D eigenvalue weighted by Gasteiger charge is -2.24. The van der Waals surface area contributed by atoms with Gasteiger partial charge in [0.2, 0.25) is 10.0 Å². The Kier molecular flexibility index (Phi) is 4.38. The first-order valence-electron chi connectivity index (χ1n) is 9.38. The number of non-ortho nitro benzene ring substituents is 1. The van der Waals surface area contributed by atoms with Gasteiger partial charge in [0.15, 0.2) is 0 Å². The lowest BCUT2D eigenvalue weighted by atomic mass is 10.1. The predicted octanol–water partition coefficient (Wildman–Crippen LogP) is 4.28. The molecule has 6 nitrogen and oxygen atoms in total. The minimum atomic E-state index is -3.73. The zero-order valence-corrected chi connectivity index (χ0v) is 17.1. The molecular formula is C21H18N2O4S2. The summed E-state index contributed by atoms with van der Waals surface area (Å²) in [5.74, 6) is 0.654. The second kappa shape index (κ2) is 6.83. The molecule has 0 bridgehead atoms. The largest absolute Gasteiger partial charge is 0.269 e. The van der Waals surface area contributed by atoms with Gasteiger partial charge in [0.1, 0.15) is 0 Å². The highest BCUT2D eigenvalue weighted by Gasteiger charge is 2.39. The number of nitro groups is 1. The van der Waals surface area contributed by atoms with Crippen LogP contribution in [0.25, 0.3) is 10.8 Å². The Bertz CT molecular complexity index is 1260. The van der Waals surface area contributed by atoms with E-state index >= 15 is 0 Å². The molecule has 0 unspecified atom stereocenters. The van der Waals surface area contributed by atoms with Crippen molar-refractivity contribution < 1.29 is 13.3 Å². The Morgan fingerprint density at radius 1 is 1.07 bits per heavy atom. The summed E-state index contributed by atoms with van der Waals surface area (Å²) in [5.41, 5.74) is 2.71. The molecule has 1 atom stereocenters. The third kappa shape index (κ3) is 2.94. The number of nitro benzene ring substituents is 1. The van der Waals surface area contributed by atoms with Crippen molar-refractivity contribution in [1.29, 1.82) is 0 Å². The molecule has 148 valence electrons. The third-order valence-corrected chi connectivity index (χ3v) is 8.99. The maximum Gasteiger partial charge on any atom is 0.269 e. The first-order valence-corrected chi connectivity index (χ1v) is 11.9. The van der Waals surface area contributed by atoms with Gasteiger partial charge in [0, 0.05) is 24.4 Å². The first kappa shape index (κ1) is 18.6. The summed E-state index contributed by atoms with van der Waals surface area (Å²) >= 11 is 1.50. The van der Waals surface area contributed by atoms with Crippen molar-refractivity contribution in [2.45, 2.75) is 23.1 Å². The van der Waals surface area contributed by atoms with Gasteiger partial charge in [0.25, 0.3) is 5.69 Å². The molecule has 3 aromatic rings. The summed E-state index contributed by atoms with van der Waals surface area (Å²) in [6, 6.07) is 16.0. The van der Waals surface area contributed by atoms with E-state index in [9.17, 15) is 18.5 Å². The molecule has 0 spiro atoms. The molecule has 0 amide bonds. The van der Waals surface area contributed by atoms with Crippen molar-refractivity contribution in [3.05, 3.63) is 81.4 Å². The number of thioether (sulfide) groups is 1. The second-order valence-electron chi connectivity index (χ2n) is 7.25. The highest BCUT2D eigenvalue weighted by molar-refractivity contribution is 8.01. The van der Waals surface area contributed by atoms with Crippen molar-refractivity contribution in [2.75, 3.05) is 12.3 Å². The number of nitrogens with zero attached hydrogens (tertiary/aromatic N) is 2.